The Morgan fingerprint density at radius 2 is 2.24 bits per heavy atom. The molecule has 3 heterocycles. The number of nitrogens with zero attached hydrogens (tertiary/aromatic N) is 2. The summed E-state index contributed by atoms with van der Waals surface area (Å²) in [6.45, 7) is 0. The lowest BCUT2D eigenvalue weighted by Gasteiger charge is -2.22. The fourth-order valence-electron chi connectivity index (χ4n) is 2.41. The molecule has 1 aliphatic rings. The van der Waals surface area contributed by atoms with Crippen molar-refractivity contribution in [1.29, 1.82) is 0 Å². The van der Waals surface area contributed by atoms with Gasteiger partial charge < -0.3 is 4.90 Å². The summed E-state index contributed by atoms with van der Waals surface area (Å²) in [6, 6.07) is 5.25. The number of rotatable bonds is 3. The van der Waals surface area contributed by atoms with E-state index < -0.39 is 9.84 Å². The van der Waals surface area contributed by atoms with Crippen molar-refractivity contribution in [2.24, 2.45) is 0 Å². The van der Waals surface area contributed by atoms with E-state index in [0.29, 0.717) is 11.3 Å². The van der Waals surface area contributed by atoms with Gasteiger partial charge in [0.05, 0.1) is 27.0 Å². The first-order chi connectivity index (χ1) is 9.96. The van der Waals surface area contributed by atoms with Crippen LogP contribution in [0.2, 0.25) is 0 Å². The van der Waals surface area contributed by atoms with Crippen LogP contribution in [0.4, 0.5) is 0 Å². The normalized spacial score (nSPS) is 20.5. The molecule has 21 heavy (non-hydrogen) atoms. The second kappa shape index (κ2) is 5.27. The lowest BCUT2D eigenvalue weighted by Crippen LogP contribution is -2.37. The van der Waals surface area contributed by atoms with Crippen LogP contribution >= 0.6 is 11.3 Å². The van der Waals surface area contributed by atoms with Gasteiger partial charge in [-0.05, 0) is 24.6 Å². The second-order valence-corrected chi connectivity index (χ2v) is 8.42. The number of hydrogen-bond acceptors (Lipinski definition) is 5. The van der Waals surface area contributed by atoms with Gasteiger partial charge in [0.1, 0.15) is 0 Å². The molecule has 1 aliphatic heterocycles. The molecule has 112 valence electrons. The van der Waals surface area contributed by atoms with Gasteiger partial charge in [0, 0.05) is 19.3 Å². The Kier molecular flexibility index (Phi) is 3.58. The average Bonchev–Trinajstić information content (AvgIpc) is 3.16. The molecule has 6 nitrogen and oxygen atoms in total. The highest BCUT2D eigenvalue weighted by Crippen LogP contribution is 2.28. The first-order valence-electron chi connectivity index (χ1n) is 6.53. The summed E-state index contributed by atoms with van der Waals surface area (Å²) < 4.78 is 23.0. The molecule has 1 fully saturated rings. The molecule has 8 heteroatoms. The van der Waals surface area contributed by atoms with E-state index in [0.717, 1.165) is 10.6 Å². The highest BCUT2D eigenvalue weighted by molar-refractivity contribution is 7.91. The van der Waals surface area contributed by atoms with Gasteiger partial charge in [-0.3, -0.25) is 9.89 Å². The van der Waals surface area contributed by atoms with Crippen LogP contribution in [0, 0.1) is 0 Å². The van der Waals surface area contributed by atoms with Crippen molar-refractivity contribution in [3.8, 4) is 10.6 Å². The Balaban J connectivity index is 1.76. The lowest BCUT2D eigenvalue weighted by atomic mass is 10.2. The Hall–Kier alpha value is -1.67. The van der Waals surface area contributed by atoms with Crippen LogP contribution in [0.25, 0.3) is 10.6 Å². The molecule has 0 aromatic carbocycles. The van der Waals surface area contributed by atoms with Crippen LogP contribution in [0.1, 0.15) is 16.1 Å². The van der Waals surface area contributed by atoms with Crippen molar-refractivity contribution in [3.05, 3.63) is 29.3 Å². The fraction of sp³-hybridized carbons (Fsp3) is 0.385. The first kappa shape index (κ1) is 14.3. The summed E-state index contributed by atoms with van der Waals surface area (Å²) in [5.74, 6) is 0.0977. The van der Waals surface area contributed by atoms with Crippen LogP contribution in [-0.2, 0) is 9.84 Å². The third-order valence-corrected chi connectivity index (χ3v) is 6.52. The molecule has 1 atom stereocenters. The van der Waals surface area contributed by atoms with Crippen LogP contribution in [0.3, 0.4) is 0 Å². The zero-order chi connectivity index (χ0) is 15.0. The molecule has 0 saturated carbocycles. The zero-order valence-corrected chi connectivity index (χ0v) is 13.1. The van der Waals surface area contributed by atoms with Gasteiger partial charge in [0.2, 0.25) is 0 Å². The topological polar surface area (TPSA) is 83.1 Å². The molecule has 2 aromatic rings. The average molecular weight is 325 g/mol. The van der Waals surface area contributed by atoms with E-state index in [2.05, 4.69) is 10.2 Å². The first-order valence-corrected chi connectivity index (χ1v) is 9.17. The van der Waals surface area contributed by atoms with Crippen molar-refractivity contribution < 1.29 is 13.2 Å². The molecule has 1 saturated heterocycles. The molecule has 0 spiro atoms. The molecule has 1 amide bonds. The minimum Gasteiger partial charge on any atom is -0.337 e. The van der Waals surface area contributed by atoms with E-state index >= 15 is 0 Å². The van der Waals surface area contributed by atoms with Crippen LogP contribution in [0.15, 0.2) is 24.4 Å². The van der Waals surface area contributed by atoms with Gasteiger partial charge in [-0.15, -0.1) is 11.3 Å². The molecular formula is C13H15N3O3S2. The minimum absolute atomic E-state index is 0.0635. The van der Waals surface area contributed by atoms with Gasteiger partial charge in [-0.25, -0.2) is 8.42 Å². The number of H-pyrrole nitrogens is 1. The highest BCUT2D eigenvalue weighted by atomic mass is 32.2. The van der Waals surface area contributed by atoms with Crippen molar-refractivity contribution >= 4 is 27.1 Å². The number of thiophene rings is 1. The van der Waals surface area contributed by atoms with E-state index in [4.69, 9.17) is 0 Å². The third-order valence-electron chi connectivity index (χ3n) is 3.66. The van der Waals surface area contributed by atoms with Crippen LogP contribution in [-0.4, -0.2) is 54.0 Å². The van der Waals surface area contributed by atoms with E-state index in [-0.39, 0.29) is 23.5 Å². The standard InChI is InChI=1S/C13H15N3O3S2/c1-16(9-5-7-21(18,19)8-9)13(17)12-3-2-11(20-12)10-4-6-14-15-10/h2-4,6,9H,5,7-8H2,1H3,(H,14,15). The highest BCUT2D eigenvalue weighted by Gasteiger charge is 2.33. The lowest BCUT2D eigenvalue weighted by molar-refractivity contribution is 0.0752. The van der Waals surface area contributed by atoms with E-state index in [9.17, 15) is 13.2 Å². The van der Waals surface area contributed by atoms with Crippen LogP contribution in [0.5, 0.6) is 0 Å². The third kappa shape index (κ3) is 2.86. The van der Waals surface area contributed by atoms with Crippen molar-refractivity contribution in [3.63, 3.8) is 0 Å². The molecule has 1 unspecified atom stereocenters. The maximum atomic E-state index is 12.4. The minimum atomic E-state index is -2.99. The summed E-state index contributed by atoms with van der Waals surface area (Å²) in [4.78, 5) is 15.5. The summed E-state index contributed by atoms with van der Waals surface area (Å²) in [6.07, 6.45) is 2.18. The van der Waals surface area contributed by atoms with E-state index in [1.807, 2.05) is 12.1 Å². The molecular weight excluding hydrogens is 310 g/mol. The van der Waals surface area contributed by atoms with Crippen molar-refractivity contribution in [1.82, 2.24) is 15.1 Å². The Morgan fingerprint density at radius 3 is 2.86 bits per heavy atom. The monoisotopic (exact) mass is 325 g/mol. The molecule has 0 aliphatic carbocycles. The van der Waals surface area contributed by atoms with Gasteiger partial charge in [-0.1, -0.05) is 0 Å². The number of hydrogen-bond donors (Lipinski definition) is 1. The van der Waals surface area contributed by atoms with Crippen molar-refractivity contribution in [2.75, 3.05) is 18.6 Å². The van der Waals surface area contributed by atoms with Gasteiger partial charge in [0.15, 0.2) is 9.84 Å². The van der Waals surface area contributed by atoms with Gasteiger partial charge in [-0.2, -0.15) is 5.10 Å². The van der Waals surface area contributed by atoms with E-state index in [1.165, 1.54) is 11.3 Å². The zero-order valence-electron chi connectivity index (χ0n) is 11.4. The van der Waals surface area contributed by atoms with Gasteiger partial charge in [0.25, 0.3) is 5.91 Å². The molecule has 2 aromatic heterocycles. The maximum Gasteiger partial charge on any atom is 0.263 e. The SMILES string of the molecule is CN(C(=O)c1ccc(-c2ccn[nH]2)s1)C1CCS(=O)(=O)C1. The summed E-state index contributed by atoms with van der Waals surface area (Å²) in [7, 11) is -1.32. The summed E-state index contributed by atoms with van der Waals surface area (Å²) in [5, 5.41) is 6.74. The predicted octanol–water partition coefficient (Wildman–Crippen LogP) is 1.40. The number of amides is 1. The number of aromatic amines is 1. The number of sulfone groups is 1. The summed E-state index contributed by atoms with van der Waals surface area (Å²) >= 11 is 1.37. The Labute approximate surface area is 126 Å². The van der Waals surface area contributed by atoms with E-state index in [1.54, 1.807) is 24.2 Å². The largest absolute Gasteiger partial charge is 0.337 e. The molecule has 1 N–H and O–H groups in total. The van der Waals surface area contributed by atoms with Crippen LogP contribution < -0.4 is 0 Å². The number of carbonyl (C=O) groups excluding carboxylic acids is 1. The molecule has 0 bridgehead atoms. The Morgan fingerprint density at radius 1 is 1.43 bits per heavy atom. The molecule has 0 radical (unpaired) electrons. The number of nitrogens with one attached hydrogen (secondary N) is 1. The fourth-order valence-corrected chi connectivity index (χ4v) is 5.15. The number of carbonyl (C=O) groups is 1. The quantitative estimate of drug-likeness (QED) is 0.924. The van der Waals surface area contributed by atoms with Gasteiger partial charge >= 0.3 is 0 Å². The smallest absolute Gasteiger partial charge is 0.263 e. The maximum absolute atomic E-state index is 12.4. The Bertz CT molecular complexity index is 749. The second-order valence-electron chi connectivity index (χ2n) is 5.11. The molecule has 3 rings (SSSR count). The summed E-state index contributed by atoms with van der Waals surface area (Å²) in [5.41, 5.74) is 0.866. The number of aromatic nitrogens is 2. The van der Waals surface area contributed by atoms with Crippen molar-refractivity contribution in [2.45, 2.75) is 12.5 Å². The predicted molar refractivity (Wildman–Crippen MR) is 81.1 cm³/mol.